The number of rotatable bonds is 7. The Labute approximate surface area is 197 Å². The van der Waals surface area contributed by atoms with Gasteiger partial charge in [0.15, 0.2) is 0 Å². The average Bonchev–Trinajstić information content (AvgIpc) is 2.81. The monoisotopic (exact) mass is 474 g/mol. The molecule has 0 radical (unpaired) electrons. The van der Waals surface area contributed by atoms with Gasteiger partial charge in [0.25, 0.3) is 15.7 Å². The van der Waals surface area contributed by atoms with E-state index in [1.165, 1.54) is 12.1 Å². The Morgan fingerprint density at radius 2 is 1.65 bits per heavy atom. The first-order chi connectivity index (χ1) is 16.2. The number of nitrogens with zero attached hydrogens (tertiary/aromatic N) is 2. The number of non-ortho nitro benzene ring substituents is 1. The first-order valence-electron chi connectivity index (χ1n) is 10.4. The summed E-state index contributed by atoms with van der Waals surface area (Å²) in [7, 11) is -4.16. The Hall–Kier alpha value is -4.24. The maximum Gasteiger partial charge on any atom is 0.270 e. The van der Waals surface area contributed by atoms with Crippen molar-refractivity contribution < 1.29 is 13.3 Å². The van der Waals surface area contributed by atoms with Crippen LogP contribution in [0.5, 0.6) is 0 Å². The Morgan fingerprint density at radius 3 is 2.41 bits per heavy atom. The number of aryl methyl sites for hydroxylation is 2. The zero-order chi connectivity index (χ0) is 24.3. The van der Waals surface area contributed by atoms with Gasteiger partial charge in [0, 0.05) is 17.7 Å². The topological polar surface area (TPSA) is 114 Å². The molecule has 4 aromatic carbocycles. The number of nitrogens with one attached hydrogen (secondary N) is 2. The quantitative estimate of drug-likeness (QED) is 0.205. The summed E-state index contributed by atoms with van der Waals surface area (Å²) in [4.78, 5) is 10.4. The summed E-state index contributed by atoms with van der Waals surface area (Å²) in [6, 6.07) is 22.5. The summed E-state index contributed by atoms with van der Waals surface area (Å²) in [5.74, 6) is 0. The van der Waals surface area contributed by atoms with Crippen molar-refractivity contribution in [3.8, 4) is 0 Å². The summed E-state index contributed by atoms with van der Waals surface area (Å²) in [5.41, 5.74) is 5.45. The van der Waals surface area contributed by atoms with Crippen LogP contribution in [0.25, 0.3) is 10.8 Å². The van der Waals surface area contributed by atoms with Crippen LogP contribution in [0.3, 0.4) is 0 Å². The zero-order valence-electron chi connectivity index (χ0n) is 18.5. The minimum atomic E-state index is -4.16. The van der Waals surface area contributed by atoms with Crippen molar-refractivity contribution in [2.75, 3.05) is 10.1 Å². The lowest BCUT2D eigenvalue weighted by molar-refractivity contribution is -0.385. The molecule has 0 saturated heterocycles. The predicted molar refractivity (Wildman–Crippen MR) is 135 cm³/mol. The second kappa shape index (κ2) is 9.32. The molecule has 4 rings (SSSR count). The lowest BCUT2D eigenvalue weighted by atomic mass is 10.1. The van der Waals surface area contributed by atoms with Crippen molar-refractivity contribution in [2.45, 2.75) is 18.7 Å². The second-order valence-corrected chi connectivity index (χ2v) is 9.45. The molecule has 0 saturated carbocycles. The third kappa shape index (κ3) is 4.89. The van der Waals surface area contributed by atoms with Gasteiger partial charge < -0.3 is 0 Å². The maximum atomic E-state index is 13.2. The number of hydrazone groups is 1. The molecular formula is C25H22N4O4S. The molecule has 34 heavy (non-hydrogen) atoms. The van der Waals surface area contributed by atoms with Crippen LogP contribution in [0, 0.1) is 24.0 Å². The molecule has 0 spiro atoms. The summed E-state index contributed by atoms with van der Waals surface area (Å²) in [6.45, 7) is 3.69. The second-order valence-electron chi connectivity index (χ2n) is 7.80. The summed E-state index contributed by atoms with van der Waals surface area (Å²) >= 11 is 0. The van der Waals surface area contributed by atoms with Gasteiger partial charge in [-0.25, -0.2) is 8.42 Å². The van der Waals surface area contributed by atoms with Gasteiger partial charge in [-0.1, -0.05) is 60.2 Å². The fourth-order valence-electron chi connectivity index (χ4n) is 3.60. The van der Waals surface area contributed by atoms with Crippen molar-refractivity contribution in [2.24, 2.45) is 5.10 Å². The molecule has 0 aliphatic carbocycles. The summed E-state index contributed by atoms with van der Waals surface area (Å²) < 4.78 is 29.0. The minimum absolute atomic E-state index is 0.111. The maximum absolute atomic E-state index is 13.2. The van der Waals surface area contributed by atoms with Gasteiger partial charge in [-0.3, -0.25) is 20.3 Å². The number of hydrogen-bond acceptors (Lipinski definition) is 6. The molecule has 0 aliphatic rings. The van der Waals surface area contributed by atoms with E-state index in [2.05, 4.69) is 15.2 Å². The molecule has 4 aromatic rings. The Kier molecular flexibility index (Phi) is 6.29. The molecule has 0 fully saturated rings. The van der Waals surface area contributed by atoms with Crippen LogP contribution < -0.4 is 10.1 Å². The molecule has 172 valence electrons. The van der Waals surface area contributed by atoms with Crippen molar-refractivity contribution >= 4 is 44.1 Å². The molecule has 8 nitrogen and oxygen atoms in total. The van der Waals surface area contributed by atoms with E-state index in [0.29, 0.717) is 5.69 Å². The highest BCUT2D eigenvalue weighted by molar-refractivity contribution is 7.92. The zero-order valence-corrected chi connectivity index (χ0v) is 19.3. The normalized spacial score (nSPS) is 11.6. The third-order valence-electron chi connectivity index (χ3n) is 5.30. The van der Waals surface area contributed by atoms with E-state index in [1.807, 2.05) is 55.5 Å². The SMILES string of the molecule is Cc1ccc(NS(=O)(=O)c2cc([N+](=O)[O-])ccc2NN=Cc2cccc3ccccc23)c(C)c1. The third-order valence-corrected chi connectivity index (χ3v) is 6.71. The predicted octanol–water partition coefficient (Wildman–Crippen LogP) is 5.61. The van der Waals surface area contributed by atoms with Crippen molar-refractivity contribution in [3.05, 3.63) is 106 Å². The number of sulfonamides is 1. The molecule has 0 aliphatic heterocycles. The molecule has 0 atom stereocenters. The van der Waals surface area contributed by atoms with Crippen LogP contribution >= 0.6 is 0 Å². The molecule has 0 bridgehead atoms. The Balaban J connectivity index is 1.69. The van der Waals surface area contributed by atoms with Crippen LogP contribution in [-0.2, 0) is 10.0 Å². The van der Waals surface area contributed by atoms with Gasteiger partial charge in [-0.15, -0.1) is 0 Å². The number of fused-ring (bicyclic) bond motifs is 1. The molecular weight excluding hydrogens is 452 g/mol. The summed E-state index contributed by atoms with van der Waals surface area (Å²) in [6.07, 6.45) is 1.58. The molecule has 2 N–H and O–H groups in total. The Morgan fingerprint density at radius 1 is 0.912 bits per heavy atom. The standard InChI is InChI=1S/C25H22N4O4S/c1-17-10-12-23(18(2)14-17)28-34(32,33)25-15-21(29(30)31)11-13-24(25)27-26-16-20-8-5-7-19-6-3-4-9-22(19)20/h3-16,27-28H,1-2H3. The highest BCUT2D eigenvalue weighted by Gasteiger charge is 2.23. The van der Waals surface area contributed by atoms with Crippen LogP contribution in [-0.4, -0.2) is 19.6 Å². The van der Waals surface area contributed by atoms with Gasteiger partial charge in [-0.2, -0.15) is 5.10 Å². The van der Waals surface area contributed by atoms with Crippen LogP contribution in [0.2, 0.25) is 0 Å². The van der Waals surface area contributed by atoms with E-state index < -0.39 is 14.9 Å². The van der Waals surface area contributed by atoms with Crippen LogP contribution in [0.15, 0.2) is 88.9 Å². The van der Waals surface area contributed by atoms with E-state index in [0.717, 1.165) is 33.5 Å². The molecule has 0 unspecified atom stereocenters. The fourth-order valence-corrected chi connectivity index (χ4v) is 4.91. The summed E-state index contributed by atoms with van der Waals surface area (Å²) in [5, 5.41) is 17.5. The van der Waals surface area contributed by atoms with Gasteiger partial charge in [-0.05, 0) is 42.3 Å². The number of benzene rings is 4. The Bertz CT molecular complexity index is 1530. The number of anilines is 2. The van der Waals surface area contributed by atoms with Crippen molar-refractivity contribution in [1.29, 1.82) is 0 Å². The smallest absolute Gasteiger partial charge is 0.270 e. The van der Waals surface area contributed by atoms with E-state index in [-0.39, 0.29) is 16.3 Å². The van der Waals surface area contributed by atoms with E-state index in [9.17, 15) is 18.5 Å². The largest absolute Gasteiger partial charge is 0.279 e. The van der Waals surface area contributed by atoms with E-state index >= 15 is 0 Å². The molecule has 9 heteroatoms. The number of hydrogen-bond donors (Lipinski definition) is 2. The molecule has 0 heterocycles. The lowest BCUT2D eigenvalue weighted by Gasteiger charge is -2.14. The first-order valence-corrected chi connectivity index (χ1v) is 11.9. The van der Waals surface area contributed by atoms with Crippen molar-refractivity contribution in [1.82, 2.24) is 0 Å². The van der Waals surface area contributed by atoms with Gasteiger partial charge in [0.1, 0.15) is 4.90 Å². The first kappa shape index (κ1) is 22.9. The van der Waals surface area contributed by atoms with Crippen LogP contribution in [0.4, 0.5) is 17.1 Å². The number of nitro benzene ring substituents is 1. The van der Waals surface area contributed by atoms with Gasteiger partial charge in [0.2, 0.25) is 0 Å². The van der Waals surface area contributed by atoms with E-state index in [1.54, 1.807) is 25.3 Å². The van der Waals surface area contributed by atoms with Crippen LogP contribution in [0.1, 0.15) is 16.7 Å². The highest BCUT2D eigenvalue weighted by Crippen LogP contribution is 2.29. The molecule has 0 amide bonds. The highest BCUT2D eigenvalue weighted by atomic mass is 32.2. The fraction of sp³-hybridized carbons (Fsp3) is 0.0800. The van der Waals surface area contributed by atoms with Gasteiger partial charge >= 0.3 is 0 Å². The van der Waals surface area contributed by atoms with Gasteiger partial charge in [0.05, 0.1) is 22.5 Å². The van der Waals surface area contributed by atoms with Crippen molar-refractivity contribution in [3.63, 3.8) is 0 Å². The number of nitro groups is 1. The minimum Gasteiger partial charge on any atom is -0.279 e. The molecule has 0 aromatic heterocycles. The lowest BCUT2D eigenvalue weighted by Crippen LogP contribution is -2.16. The van der Waals surface area contributed by atoms with E-state index in [4.69, 9.17) is 0 Å². The average molecular weight is 475 g/mol.